The van der Waals surface area contributed by atoms with Gasteiger partial charge in [0.25, 0.3) is 5.91 Å². The lowest BCUT2D eigenvalue weighted by atomic mass is 10.0. The van der Waals surface area contributed by atoms with Crippen molar-refractivity contribution in [2.24, 2.45) is 0 Å². The molecule has 0 aliphatic rings. The van der Waals surface area contributed by atoms with Crippen molar-refractivity contribution in [1.82, 2.24) is 25.2 Å². The smallest absolute Gasteiger partial charge is 0.254 e. The predicted octanol–water partition coefficient (Wildman–Crippen LogP) is 4.37. The quantitative estimate of drug-likeness (QED) is 0.349. The van der Waals surface area contributed by atoms with Gasteiger partial charge in [0.15, 0.2) is 5.89 Å². The second kappa shape index (κ2) is 10.7. The molecule has 2 N–H and O–H groups in total. The molecule has 0 spiro atoms. The molecule has 0 unspecified atom stereocenters. The van der Waals surface area contributed by atoms with Gasteiger partial charge in [0.2, 0.25) is 0 Å². The summed E-state index contributed by atoms with van der Waals surface area (Å²) in [4.78, 5) is 29.1. The monoisotopic (exact) mass is 472 g/mol. The minimum atomic E-state index is -0.110. The van der Waals surface area contributed by atoms with Crippen molar-refractivity contribution in [3.63, 3.8) is 0 Å². The van der Waals surface area contributed by atoms with Gasteiger partial charge in [-0.05, 0) is 51.2 Å². The number of likely N-dealkylation sites (N-methyl/N-ethyl adjacent to an activating group) is 1. The SMILES string of the molecule is CCc1ncc(CN(C)C(=O)c2cc(-c3ccc(NCCNC)c(C)n3)nc3ccc(C)cc23)o1. The lowest BCUT2D eigenvalue weighted by Gasteiger charge is -2.18. The highest BCUT2D eigenvalue weighted by Gasteiger charge is 2.20. The minimum absolute atomic E-state index is 0.110. The molecule has 0 saturated carbocycles. The van der Waals surface area contributed by atoms with E-state index in [0.717, 1.165) is 46.6 Å². The van der Waals surface area contributed by atoms with E-state index < -0.39 is 0 Å². The number of nitrogens with one attached hydrogen (secondary N) is 2. The first kappa shape index (κ1) is 24.3. The molecule has 8 nitrogen and oxygen atoms in total. The highest BCUT2D eigenvalue weighted by atomic mass is 16.4. The molecule has 0 bridgehead atoms. The highest BCUT2D eigenvalue weighted by molar-refractivity contribution is 6.07. The molecule has 4 rings (SSSR count). The Morgan fingerprint density at radius 3 is 2.60 bits per heavy atom. The lowest BCUT2D eigenvalue weighted by Crippen LogP contribution is -2.26. The number of rotatable bonds is 9. The van der Waals surface area contributed by atoms with E-state index in [1.807, 2.05) is 64.2 Å². The third-order valence-corrected chi connectivity index (χ3v) is 5.88. The number of fused-ring (bicyclic) bond motifs is 1. The number of aryl methyl sites for hydroxylation is 3. The number of nitrogens with zero attached hydrogens (tertiary/aromatic N) is 4. The first-order chi connectivity index (χ1) is 16.9. The topological polar surface area (TPSA) is 96.2 Å². The molecule has 35 heavy (non-hydrogen) atoms. The van der Waals surface area contributed by atoms with Gasteiger partial charge in [0.05, 0.1) is 46.6 Å². The molecule has 0 radical (unpaired) electrons. The summed E-state index contributed by atoms with van der Waals surface area (Å²) in [6.07, 6.45) is 2.40. The first-order valence-electron chi connectivity index (χ1n) is 11.9. The van der Waals surface area contributed by atoms with E-state index in [1.165, 1.54) is 0 Å². The summed E-state index contributed by atoms with van der Waals surface area (Å²) in [5.41, 5.74) is 5.66. The Morgan fingerprint density at radius 1 is 1.06 bits per heavy atom. The molecule has 3 aromatic heterocycles. The van der Waals surface area contributed by atoms with Gasteiger partial charge in [-0.1, -0.05) is 18.6 Å². The van der Waals surface area contributed by atoms with Crippen LogP contribution in [0, 0.1) is 13.8 Å². The van der Waals surface area contributed by atoms with Gasteiger partial charge in [-0.3, -0.25) is 4.79 Å². The van der Waals surface area contributed by atoms with E-state index in [4.69, 9.17) is 14.4 Å². The molecule has 0 aliphatic carbocycles. The van der Waals surface area contributed by atoms with Crippen LogP contribution in [0.25, 0.3) is 22.3 Å². The standard InChI is InChI=1S/C27H32N6O2/c1-6-26-30-15-19(35-26)16-33(5)27(34)21-14-25(32-23-8-7-17(2)13-20(21)23)24-10-9-22(18(3)31-24)29-12-11-28-4/h7-10,13-15,28-29H,6,11-12,16H2,1-5H3. The van der Waals surface area contributed by atoms with Gasteiger partial charge >= 0.3 is 0 Å². The van der Waals surface area contributed by atoms with Crippen molar-refractivity contribution in [2.45, 2.75) is 33.7 Å². The van der Waals surface area contributed by atoms with Crippen molar-refractivity contribution >= 4 is 22.5 Å². The Labute approximate surface area is 205 Å². The zero-order valence-electron chi connectivity index (χ0n) is 21.0. The van der Waals surface area contributed by atoms with Gasteiger partial charge in [-0.15, -0.1) is 0 Å². The summed E-state index contributed by atoms with van der Waals surface area (Å²) in [6, 6.07) is 11.8. The number of oxazole rings is 1. The molecule has 1 aromatic carbocycles. The van der Waals surface area contributed by atoms with E-state index in [2.05, 4.69) is 15.6 Å². The average molecular weight is 473 g/mol. The maximum atomic E-state index is 13.6. The lowest BCUT2D eigenvalue weighted by molar-refractivity contribution is 0.0777. The first-order valence-corrected chi connectivity index (χ1v) is 11.9. The van der Waals surface area contributed by atoms with Crippen LogP contribution in [0.2, 0.25) is 0 Å². The van der Waals surface area contributed by atoms with E-state index in [-0.39, 0.29) is 5.91 Å². The number of pyridine rings is 2. The van der Waals surface area contributed by atoms with Crippen molar-refractivity contribution < 1.29 is 9.21 Å². The van der Waals surface area contributed by atoms with Crippen LogP contribution in [0.3, 0.4) is 0 Å². The number of aromatic nitrogens is 3. The van der Waals surface area contributed by atoms with Gasteiger partial charge in [0, 0.05) is 31.9 Å². The molecule has 1 amide bonds. The fraction of sp³-hybridized carbons (Fsp3) is 0.333. The fourth-order valence-corrected chi connectivity index (χ4v) is 3.96. The molecule has 0 aliphatic heterocycles. The van der Waals surface area contributed by atoms with Crippen LogP contribution in [0.5, 0.6) is 0 Å². The molecule has 0 atom stereocenters. The van der Waals surface area contributed by atoms with Gasteiger partial charge in [-0.25, -0.2) is 15.0 Å². The van der Waals surface area contributed by atoms with E-state index in [0.29, 0.717) is 35.9 Å². The molecule has 4 aromatic rings. The summed E-state index contributed by atoms with van der Waals surface area (Å²) in [5.74, 6) is 1.21. The van der Waals surface area contributed by atoms with Crippen LogP contribution in [0.1, 0.15) is 40.2 Å². The highest BCUT2D eigenvalue weighted by Crippen LogP contribution is 2.27. The number of carbonyl (C=O) groups excluding carboxylic acids is 1. The summed E-state index contributed by atoms with van der Waals surface area (Å²) in [7, 11) is 3.69. The van der Waals surface area contributed by atoms with Crippen LogP contribution in [0.4, 0.5) is 5.69 Å². The number of benzene rings is 1. The Hall–Kier alpha value is -3.78. The molecule has 0 fully saturated rings. The molecular formula is C27H32N6O2. The Kier molecular flexibility index (Phi) is 7.41. The average Bonchev–Trinajstić information content (AvgIpc) is 3.31. The summed E-state index contributed by atoms with van der Waals surface area (Å²) in [5, 5.41) is 7.32. The molecule has 0 saturated heterocycles. The van der Waals surface area contributed by atoms with Crippen LogP contribution in [-0.4, -0.2) is 52.9 Å². The van der Waals surface area contributed by atoms with Crippen molar-refractivity contribution in [3.05, 3.63) is 71.1 Å². The maximum absolute atomic E-state index is 13.6. The van der Waals surface area contributed by atoms with Crippen LogP contribution in [-0.2, 0) is 13.0 Å². The third-order valence-electron chi connectivity index (χ3n) is 5.88. The Morgan fingerprint density at radius 2 is 1.89 bits per heavy atom. The number of amides is 1. The normalized spacial score (nSPS) is 11.1. The predicted molar refractivity (Wildman–Crippen MR) is 139 cm³/mol. The van der Waals surface area contributed by atoms with Gasteiger partial charge in [0.1, 0.15) is 5.76 Å². The summed E-state index contributed by atoms with van der Waals surface area (Å²) >= 11 is 0. The maximum Gasteiger partial charge on any atom is 0.254 e. The van der Waals surface area contributed by atoms with Gasteiger partial charge in [-0.2, -0.15) is 0 Å². The number of carbonyl (C=O) groups is 1. The van der Waals surface area contributed by atoms with Crippen LogP contribution < -0.4 is 10.6 Å². The number of anilines is 1. The molecule has 8 heteroatoms. The number of hydrogen-bond donors (Lipinski definition) is 2. The van der Waals surface area contributed by atoms with E-state index >= 15 is 0 Å². The molecule has 182 valence electrons. The number of hydrogen-bond acceptors (Lipinski definition) is 7. The molecular weight excluding hydrogens is 440 g/mol. The Bertz CT molecular complexity index is 1350. The Balaban J connectivity index is 1.70. The van der Waals surface area contributed by atoms with Crippen molar-refractivity contribution in [2.75, 3.05) is 32.5 Å². The zero-order valence-corrected chi connectivity index (χ0v) is 21.0. The third kappa shape index (κ3) is 5.49. The minimum Gasteiger partial charge on any atom is -0.444 e. The van der Waals surface area contributed by atoms with Crippen LogP contribution >= 0.6 is 0 Å². The second-order valence-electron chi connectivity index (χ2n) is 8.67. The summed E-state index contributed by atoms with van der Waals surface area (Å²) < 4.78 is 5.71. The van der Waals surface area contributed by atoms with Crippen molar-refractivity contribution in [3.8, 4) is 11.4 Å². The summed E-state index contributed by atoms with van der Waals surface area (Å²) in [6.45, 7) is 7.97. The second-order valence-corrected chi connectivity index (χ2v) is 8.67. The van der Waals surface area contributed by atoms with Gasteiger partial charge < -0.3 is 20.0 Å². The molecule has 3 heterocycles. The fourth-order valence-electron chi connectivity index (χ4n) is 3.96. The zero-order chi connectivity index (χ0) is 24.9. The van der Waals surface area contributed by atoms with E-state index in [1.54, 1.807) is 18.1 Å². The van der Waals surface area contributed by atoms with Crippen molar-refractivity contribution in [1.29, 1.82) is 0 Å². The van der Waals surface area contributed by atoms with Crippen LogP contribution in [0.15, 0.2) is 47.0 Å². The van der Waals surface area contributed by atoms with E-state index in [9.17, 15) is 4.79 Å². The largest absolute Gasteiger partial charge is 0.444 e.